The van der Waals surface area contributed by atoms with Gasteiger partial charge in [-0.1, -0.05) is 18.2 Å². The molecule has 0 aliphatic rings. The van der Waals surface area contributed by atoms with Gasteiger partial charge in [0.2, 0.25) is 0 Å². The highest BCUT2D eigenvalue weighted by Gasteiger charge is 2.01. The van der Waals surface area contributed by atoms with E-state index in [0.717, 1.165) is 10.4 Å². The molecule has 0 bridgehead atoms. The Balaban J connectivity index is 1.88. The number of aromatic hydroxyl groups is 1. The van der Waals surface area contributed by atoms with Gasteiger partial charge in [0, 0.05) is 28.9 Å². The number of thiophene rings is 1. The van der Waals surface area contributed by atoms with Crippen LogP contribution in [0.3, 0.4) is 0 Å². The van der Waals surface area contributed by atoms with Crippen LogP contribution in [-0.4, -0.2) is 5.11 Å². The van der Waals surface area contributed by atoms with Gasteiger partial charge in [0.1, 0.15) is 11.8 Å². The van der Waals surface area contributed by atoms with Gasteiger partial charge in [-0.15, -0.1) is 11.3 Å². The van der Waals surface area contributed by atoms with E-state index in [4.69, 9.17) is 5.26 Å². The first-order valence-electron chi connectivity index (χ1n) is 5.24. The first-order chi connectivity index (χ1) is 8.29. The summed E-state index contributed by atoms with van der Waals surface area (Å²) in [6.45, 7) is 1.33. The molecule has 1 heterocycles. The van der Waals surface area contributed by atoms with Gasteiger partial charge >= 0.3 is 0 Å². The smallest absolute Gasteiger partial charge is 0.120 e. The van der Waals surface area contributed by atoms with E-state index in [1.54, 1.807) is 23.5 Å². The molecule has 0 saturated carbocycles. The number of nitrogens with zero attached hydrogens (tertiary/aromatic N) is 1. The zero-order valence-electron chi connectivity index (χ0n) is 9.18. The van der Waals surface area contributed by atoms with E-state index >= 15 is 0 Å². The largest absolute Gasteiger partial charge is 0.508 e. The SMILES string of the molecule is N#Cc1csc(CNCc2ccccc2O)c1. The summed E-state index contributed by atoms with van der Waals surface area (Å²) in [6, 6.07) is 11.2. The minimum Gasteiger partial charge on any atom is -0.508 e. The van der Waals surface area contributed by atoms with E-state index in [-0.39, 0.29) is 0 Å². The average Bonchev–Trinajstić information content (AvgIpc) is 2.80. The fourth-order valence-corrected chi connectivity index (χ4v) is 2.29. The molecule has 2 N–H and O–H groups in total. The number of hydrogen-bond acceptors (Lipinski definition) is 4. The zero-order valence-corrected chi connectivity index (χ0v) is 10.00. The maximum atomic E-state index is 9.57. The maximum Gasteiger partial charge on any atom is 0.120 e. The topological polar surface area (TPSA) is 56.0 Å². The van der Waals surface area contributed by atoms with Crippen molar-refractivity contribution in [2.75, 3.05) is 0 Å². The molecule has 0 unspecified atom stereocenters. The minimum absolute atomic E-state index is 0.309. The van der Waals surface area contributed by atoms with Crippen LogP contribution in [0.1, 0.15) is 16.0 Å². The minimum atomic E-state index is 0.309. The Bertz CT molecular complexity index is 542. The Kier molecular flexibility index (Phi) is 3.76. The van der Waals surface area contributed by atoms with Crippen LogP contribution in [0.2, 0.25) is 0 Å². The third-order valence-corrected chi connectivity index (χ3v) is 3.33. The molecule has 17 heavy (non-hydrogen) atoms. The molecule has 86 valence electrons. The van der Waals surface area contributed by atoms with Crippen LogP contribution in [-0.2, 0) is 13.1 Å². The summed E-state index contributed by atoms with van der Waals surface area (Å²) in [5.41, 5.74) is 1.58. The summed E-state index contributed by atoms with van der Waals surface area (Å²) in [5, 5.41) is 23.3. The number of nitrogens with one attached hydrogen (secondary N) is 1. The van der Waals surface area contributed by atoms with Crippen LogP contribution in [0.25, 0.3) is 0 Å². The molecule has 2 aromatic rings. The predicted molar refractivity (Wildman–Crippen MR) is 67.7 cm³/mol. The Morgan fingerprint density at radius 2 is 2.12 bits per heavy atom. The van der Waals surface area contributed by atoms with Crippen molar-refractivity contribution in [3.05, 3.63) is 51.7 Å². The second-order valence-electron chi connectivity index (χ2n) is 3.65. The molecule has 2 rings (SSSR count). The molecular formula is C13H12N2OS. The van der Waals surface area contributed by atoms with Gasteiger partial charge in [0.25, 0.3) is 0 Å². The number of nitriles is 1. The van der Waals surface area contributed by atoms with Gasteiger partial charge in [-0.2, -0.15) is 5.26 Å². The highest BCUT2D eigenvalue weighted by atomic mass is 32.1. The molecular weight excluding hydrogens is 232 g/mol. The highest BCUT2D eigenvalue weighted by Crippen LogP contribution is 2.16. The van der Waals surface area contributed by atoms with Crippen molar-refractivity contribution in [3.63, 3.8) is 0 Å². The van der Waals surface area contributed by atoms with E-state index in [1.165, 1.54) is 0 Å². The van der Waals surface area contributed by atoms with Gasteiger partial charge in [-0.3, -0.25) is 0 Å². The van der Waals surface area contributed by atoms with Gasteiger partial charge in [0.05, 0.1) is 5.56 Å². The Hall–Kier alpha value is -1.83. The molecule has 4 heteroatoms. The van der Waals surface area contributed by atoms with Crippen LogP contribution < -0.4 is 5.32 Å². The lowest BCUT2D eigenvalue weighted by Crippen LogP contribution is -2.11. The van der Waals surface area contributed by atoms with Gasteiger partial charge in [-0.25, -0.2) is 0 Å². The third kappa shape index (κ3) is 3.06. The van der Waals surface area contributed by atoms with E-state index in [1.807, 2.05) is 23.6 Å². The first kappa shape index (κ1) is 11.6. The van der Waals surface area contributed by atoms with E-state index in [9.17, 15) is 5.11 Å². The monoisotopic (exact) mass is 244 g/mol. The molecule has 0 aliphatic heterocycles. The fraction of sp³-hybridized carbons (Fsp3) is 0.154. The van der Waals surface area contributed by atoms with Gasteiger partial charge in [0.15, 0.2) is 0 Å². The Morgan fingerprint density at radius 1 is 1.29 bits per heavy atom. The molecule has 0 aliphatic carbocycles. The second-order valence-corrected chi connectivity index (χ2v) is 4.64. The zero-order chi connectivity index (χ0) is 12.1. The second kappa shape index (κ2) is 5.48. The van der Waals surface area contributed by atoms with Crippen LogP contribution in [0.4, 0.5) is 0 Å². The van der Waals surface area contributed by atoms with Crippen LogP contribution in [0, 0.1) is 11.3 Å². The number of benzene rings is 1. The molecule has 1 aromatic carbocycles. The third-order valence-electron chi connectivity index (χ3n) is 2.39. The van der Waals surface area contributed by atoms with Crippen molar-refractivity contribution >= 4 is 11.3 Å². The summed E-state index contributed by atoms with van der Waals surface area (Å²) in [6.07, 6.45) is 0. The van der Waals surface area contributed by atoms with Crippen molar-refractivity contribution in [1.29, 1.82) is 5.26 Å². The van der Waals surface area contributed by atoms with Crippen molar-refractivity contribution in [3.8, 4) is 11.8 Å². The van der Waals surface area contributed by atoms with E-state index < -0.39 is 0 Å². The number of phenols is 1. The standard InChI is InChI=1S/C13H12N2OS/c14-6-10-5-12(17-9-10)8-15-7-11-3-1-2-4-13(11)16/h1-5,9,15-16H,7-8H2. The van der Waals surface area contributed by atoms with Crippen molar-refractivity contribution in [2.24, 2.45) is 0 Å². The molecule has 0 radical (unpaired) electrons. The summed E-state index contributed by atoms with van der Waals surface area (Å²) in [4.78, 5) is 1.12. The lowest BCUT2D eigenvalue weighted by molar-refractivity contribution is 0.464. The van der Waals surface area contributed by atoms with Crippen molar-refractivity contribution in [2.45, 2.75) is 13.1 Å². The van der Waals surface area contributed by atoms with Crippen molar-refractivity contribution < 1.29 is 5.11 Å². The van der Waals surface area contributed by atoms with Gasteiger partial charge < -0.3 is 10.4 Å². The Labute approximate surface area is 104 Å². The molecule has 0 spiro atoms. The number of rotatable bonds is 4. The average molecular weight is 244 g/mol. The molecule has 0 atom stereocenters. The molecule has 0 amide bonds. The summed E-state index contributed by atoms with van der Waals surface area (Å²) in [5.74, 6) is 0.309. The molecule has 0 saturated heterocycles. The highest BCUT2D eigenvalue weighted by molar-refractivity contribution is 7.10. The quantitative estimate of drug-likeness (QED) is 0.869. The van der Waals surface area contributed by atoms with Gasteiger partial charge in [-0.05, 0) is 12.1 Å². The predicted octanol–water partition coefficient (Wildman–Crippen LogP) is 2.62. The fourth-order valence-electron chi connectivity index (χ4n) is 1.51. The van der Waals surface area contributed by atoms with Crippen LogP contribution in [0.5, 0.6) is 5.75 Å². The lowest BCUT2D eigenvalue weighted by atomic mass is 10.2. The number of para-hydroxylation sites is 1. The summed E-state index contributed by atoms with van der Waals surface area (Å²) in [7, 11) is 0. The van der Waals surface area contributed by atoms with Crippen LogP contribution in [0.15, 0.2) is 35.7 Å². The van der Waals surface area contributed by atoms with Crippen LogP contribution >= 0.6 is 11.3 Å². The van der Waals surface area contributed by atoms with E-state index in [0.29, 0.717) is 24.4 Å². The molecule has 0 fully saturated rings. The van der Waals surface area contributed by atoms with Crippen molar-refractivity contribution in [1.82, 2.24) is 5.32 Å². The Morgan fingerprint density at radius 3 is 2.82 bits per heavy atom. The molecule has 3 nitrogen and oxygen atoms in total. The molecule has 1 aromatic heterocycles. The lowest BCUT2D eigenvalue weighted by Gasteiger charge is -2.05. The van der Waals surface area contributed by atoms with E-state index in [2.05, 4.69) is 11.4 Å². The normalized spacial score (nSPS) is 10.1. The number of hydrogen-bond donors (Lipinski definition) is 2. The maximum absolute atomic E-state index is 9.57. The summed E-state index contributed by atoms with van der Waals surface area (Å²) < 4.78 is 0. The number of phenolic OH excluding ortho intramolecular Hbond substituents is 1. The first-order valence-corrected chi connectivity index (χ1v) is 6.12. The summed E-state index contributed by atoms with van der Waals surface area (Å²) >= 11 is 1.57.